The van der Waals surface area contributed by atoms with Crippen molar-refractivity contribution in [3.05, 3.63) is 51.2 Å². The molecular weight excluding hydrogens is 432 g/mol. The van der Waals surface area contributed by atoms with Crippen LogP contribution in [0.1, 0.15) is 35.5 Å². The molecule has 2 aliphatic rings. The van der Waals surface area contributed by atoms with Gasteiger partial charge in [-0.15, -0.1) is 11.3 Å². The second-order valence-corrected chi connectivity index (χ2v) is 11.0. The number of carbonyl (C=O) groups excluding carboxylic acids is 2. The first kappa shape index (κ1) is 22.3. The number of benzene rings is 1. The summed E-state index contributed by atoms with van der Waals surface area (Å²) in [6.45, 7) is 6.75. The predicted octanol–water partition coefficient (Wildman–Crippen LogP) is 3.42. The normalized spacial score (nSPS) is 21.7. The molecule has 0 unspecified atom stereocenters. The number of carbonyl (C=O) groups is 2. The minimum Gasteiger partial charge on any atom is -0.346 e. The van der Waals surface area contributed by atoms with Crippen molar-refractivity contribution in [1.82, 2.24) is 15.1 Å². The Labute approximate surface area is 192 Å². The van der Waals surface area contributed by atoms with Crippen LogP contribution in [0, 0.1) is 0 Å². The van der Waals surface area contributed by atoms with Gasteiger partial charge in [0.1, 0.15) is 6.04 Å². The van der Waals surface area contributed by atoms with Gasteiger partial charge in [-0.25, -0.2) is 0 Å². The lowest BCUT2D eigenvalue weighted by atomic mass is 9.84. The van der Waals surface area contributed by atoms with E-state index in [1.165, 1.54) is 16.9 Å². The second kappa shape index (κ2) is 8.54. The number of fused-ring (bicyclic) bond motifs is 1. The van der Waals surface area contributed by atoms with Crippen molar-refractivity contribution < 1.29 is 9.59 Å². The van der Waals surface area contributed by atoms with Crippen LogP contribution < -0.4 is 10.2 Å². The molecule has 2 fully saturated rings. The van der Waals surface area contributed by atoms with Gasteiger partial charge in [-0.1, -0.05) is 37.6 Å². The second-order valence-electron chi connectivity index (χ2n) is 9.31. The van der Waals surface area contributed by atoms with E-state index in [-0.39, 0.29) is 29.3 Å². The Bertz CT molecular complexity index is 972. The Morgan fingerprint density at radius 1 is 1.23 bits per heavy atom. The van der Waals surface area contributed by atoms with Crippen LogP contribution in [0.4, 0.5) is 5.69 Å². The SMILES string of the molecule is CN(C)CC(C)(C)c1ccc(N2CN3CC[C@@H](NC(=O)c4ccc(Cl)s4)[C@H]3C2=O)cc1. The van der Waals surface area contributed by atoms with E-state index in [1.54, 1.807) is 12.1 Å². The minimum atomic E-state index is -0.316. The van der Waals surface area contributed by atoms with Crippen LogP contribution in [-0.4, -0.2) is 67.6 Å². The topological polar surface area (TPSA) is 55.9 Å². The zero-order chi connectivity index (χ0) is 22.3. The van der Waals surface area contributed by atoms with Crippen LogP contribution in [0.5, 0.6) is 0 Å². The fourth-order valence-corrected chi connectivity index (χ4v) is 5.71. The molecule has 0 bridgehead atoms. The zero-order valence-electron chi connectivity index (χ0n) is 18.4. The summed E-state index contributed by atoms with van der Waals surface area (Å²) >= 11 is 7.20. The van der Waals surface area contributed by atoms with Crippen molar-refractivity contribution in [1.29, 1.82) is 0 Å². The first-order valence-corrected chi connectivity index (χ1v) is 11.7. The van der Waals surface area contributed by atoms with E-state index in [2.05, 4.69) is 55.2 Å². The smallest absolute Gasteiger partial charge is 0.261 e. The third kappa shape index (κ3) is 4.51. The fourth-order valence-electron chi connectivity index (χ4n) is 4.76. The van der Waals surface area contributed by atoms with Crippen molar-refractivity contribution in [2.75, 3.05) is 38.8 Å². The minimum absolute atomic E-state index is 0.0249. The van der Waals surface area contributed by atoms with Crippen molar-refractivity contribution in [3.63, 3.8) is 0 Å². The summed E-state index contributed by atoms with van der Waals surface area (Å²) in [7, 11) is 4.16. The molecule has 31 heavy (non-hydrogen) atoms. The molecular formula is C23H29ClN4O2S. The van der Waals surface area contributed by atoms with Gasteiger partial charge in [-0.3, -0.25) is 19.4 Å². The Morgan fingerprint density at radius 2 is 1.94 bits per heavy atom. The van der Waals surface area contributed by atoms with E-state index in [1.807, 2.05) is 17.0 Å². The van der Waals surface area contributed by atoms with E-state index in [0.29, 0.717) is 15.9 Å². The Balaban J connectivity index is 1.45. The van der Waals surface area contributed by atoms with Crippen molar-refractivity contribution in [3.8, 4) is 0 Å². The van der Waals surface area contributed by atoms with Gasteiger partial charge < -0.3 is 10.2 Å². The van der Waals surface area contributed by atoms with Crippen LogP contribution in [0.2, 0.25) is 4.34 Å². The van der Waals surface area contributed by atoms with Crippen LogP contribution in [0.15, 0.2) is 36.4 Å². The van der Waals surface area contributed by atoms with Gasteiger partial charge in [-0.2, -0.15) is 0 Å². The number of rotatable bonds is 6. The maximum absolute atomic E-state index is 13.3. The summed E-state index contributed by atoms with van der Waals surface area (Å²) in [4.78, 5) is 32.6. The quantitative estimate of drug-likeness (QED) is 0.717. The van der Waals surface area contributed by atoms with Crippen LogP contribution in [0.25, 0.3) is 0 Å². The lowest BCUT2D eigenvalue weighted by molar-refractivity contribution is -0.119. The molecule has 0 radical (unpaired) electrons. The number of hydrogen-bond acceptors (Lipinski definition) is 5. The van der Waals surface area contributed by atoms with Gasteiger partial charge in [0.15, 0.2) is 0 Å². The van der Waals surface area contributed by atoms with Crippen LogP contribution in [0.3, 0.4) is 0 Å². The van der Waals surface area contributed by atoms with Gasteiger partial charge in [-0.05, 0) is 50.3 Å². The summed E-state index contributed by atoms with van der Waals surface area (Å²) < 4.78 is 0.582. The first-order valence-electron chi connectivity index (χ1n) is 10.5. The molecule has 1 aromatic carbocycles. The van der Waals surface area contributed by atoms with E-state index in [9.17, 15) is 9.59 Å². The van der Waals surface area contributed by atoms with Crippen molar-refractivity contribution >= 4 is 40.4 Å². The average Bonchev–Trinajstić information content (AvgIpc) is 3.38. The highest BCUT2D eigenvalue weighted by molar-refractivity contribution is 7.18. The van der Waals surface area contributed by atoms with Crippen molar-refractivity contribution in [2.45, 2.75) is 37.8 Å². The number of nitrogens with zero attached hydrogens (tertiary/aromatic N) is 3. The van der Waals surface area contributed by atoms with Gasteiger partial charge in [0.25, 0.3) is 5.91 Å². The summed E-state index contributed by atoms with van der Waals surface area (Å²) in [6.07, 6.45) is 0.771. The van der Waals surface area contributed by atoms with E-state index in [4.69, 9.17) is 11.6 Å². The molecule has 2 aliphatic heterocycles. The van der Waals surface area contributed by atoms with Gasteiger partial charge in [0.2, 0.25) is 5.91 Å². The summed E-state index contributed by atoms with van der Waals surface area (Å²) in [5.41, 5.74) is 2.17. The third-order valence-corrected chi connectivity index (χ3v) is 7.36. The number of thiophene rings is 1. The molecule has 4 rings (SSSR count). The number of halogens is 1. The molecule has 1 aromatic heterocycles. The number of likely N-dealkylation sites (N-methyl/N-ethyl adjacent to an activating group) is 1. The number of hydrogen-bond donors (Lipinski definition) is 1. The summed E-state index contributed by atoms with van der Waals surface area (Å²) in [5, 5.41) is 3.05. The zero-order valence-corrected chi connectivity index (χ0v) is 20.0. The lowest BCUT2D eigenvalue weighted by Gasteiger charge is -2.29. The summed E-state index contributed by atoms with van der Waals surface area (Å²) in [6, 6.07) is 11.2. The van der Waals surface area contributed by atoms with E-state index >= 15 is 0 Å². The summed E-state index contributed by atoms with van der Waals surface area (Å²) in [5.74, 6) is -0.116. The van der Waals surface area contributed by atoms with Gasteiger partial charge in [0, 0.05) is 24.2 Å². The van der Waals surface area contributed by atoms with Gasteiger partial charge in [0.05, 0.1) is 21.9 Å². The molecule has 0 saturated carbocycles. The maximum atomic E-state index is 13.3. The average molecular weight is 461 g/mol. The molecule has 166 valence electrons. The molecule has 2 atom stereocenters. The maximum Gasteiger partial charge on any atom is 0.261 e. The highest BCUT2D eigenvalue weighted by atomic mass is 35.5. The molecule has 3 heterocycles. The lowest BCUT2D eigenvalue weighted by Crippen LogP contribution is -2.46. The molecule has 0 aliphatic carbocycles. The van der Waals surface area contributed by atoms with Gasteiger partial charge >= 0.3 is 0 Å². The highest BCUT2D eigenvalue weighted by Crippen LogP contribution is 2.32. The Morgan fingerprint density at radius 3 is 2.55 bits per heavy atom. The molecule has 2 aromatic rings. The van der Waals surface area contributed by atoms with Crippen LogP contribution in [-0.2, 0) is 10.2 Å². The standard InChI is InChI=1S/C23H29ClN4O2S/c1-23(2,13-26(3)4)15-5-7-16(8-6-15)28-14-27-12-11-17(20(27)22(28)30)25-21(29)18-9-10-19(24)31-18/h5-10,17,20H,11-14H2,1-4H3,(H,25,29)/t17-,20+/m1/s1. The molecule has 2 saturated heterocycles. The monoisotopic (exact) mass is 460 g/mol. The molecule has 1 N–H and O–H groups in total. The molecule has 2 amide bonds. The van der Waals surface area contributed by atoms with E-state index in [0.717, 1.165) is 25.2 Å². The van der Waals surface area contributed by atoms with Crippen LogP contribution >= 0.6 is 22.9 Å². The molecule has 0 spiro atoms. The molecule has 6 nitrogen and oxygen atoms in total. The van der Waals surface area contributed by atoms with Crippen molar-refractivity contribution in [2.24, 2.45) is 0 Å². The number of amides is 2. The third-order valence-electron chi connectivity index (χ3n) is 6.13. The molecule has 8 heteroatoms. The number of anilines is 1. The largest absolute Gasteiger partial charge is 0.346 e. The van der Waals surface area contributed by atoms with E-state index < -0.39 is 0 Å². The highest BCUT2D eigenvalue weighted by Gasteiger charge is 2.48. The number of nitrogens with one attached hydrogen (secondary N) is 1. The first-order chi connectivity index (χ1) is 14.7. The fraction of sp³-hybridized carbons (Fsp3) is 0.478. The Hall–Kier alpha value is -1.93. The Kier molecular flexibility index (Phi) is 6.14. The predicted molar refractivity (Wildman–Crippen MR) is 126 cm³/mol.